The Kier molecular flexibility index (Phi) is 6.69. The normalized spacial score (nSPS) is 11.5. The molecule has 1 aromatic rings. The minimum atomic E-state index is -0.740. The highest BCUT2D eigenvalue weighted by molar-refractivity contribution is 6.01. The first-order valence-corrected chi connectivity index (χ1v) is 8.12. The van der Waals surface area contributed by atoms with Crippen molar-refractivity contribution in [1.82, 2.24) is 14.0 Å². The van der Waals surface area contributed by atoms with Crippen LogP contribution in [0.15, 0.2) is 9.59 Å². The Morgan fingerprint density at radius 1 is 1.12 bits per heavy atom. The summed E-state index contributed by atoms with van der Waals surface area (Å²) in [6, 6.07) is -0.136. The fourth-order valence-electron chi connectivity index (χ4n) is 2.47. The predicted molar refractivity (Wildman–Crippen MR) is 95.4 cm³/mol. The average molecular weight is 353 g/mol. The van der Waals surface area contributed by atoms with Gasteiger partial charge in [0.1, 0.15) is 11.4 Å². The number of primary amides is 1. The van der Waals surface area contributed by atoms with Gasteiger partial charge in [0.05, 0.1) is 13.1 Å². The number of aromatic nitrogens is 2. The molecule has 1 aromatic heterocycles. The van der Waals surface area contributed by atoms with E-state index in [1.54, 1.807) is 18.7 Å². The molecule has 1 amide bonds. The van der Waals surface area contributed by atoms with Crippen molar-refractivity contribution in [3.8, 4) is 0 Å². The van der Waals surface area contributed by atoms with Crippen molar-refractivity contribution < 1.29 is 9.59 Å². The van der Waals surface area contributed by atoms with Crippen molar-refractivity contribution in [2.24, 2.45) is 18.7 Å². The van der Waals surface area contributed by atoms with E-state index in [1.807, 2.05) is 13.8 Å². The standard InChI is InChI=1S/C16H27N5O4/c1-9(2)6-21-14(18)13(15(24)19(5)16(21)25)11(22)7-20(10(3)4)8-12(17)23/h9-10H,6-8,18H2,1-5H3,(H2,17,23). The second kappa shape index (κ2) is 8.11. The highest BCUT2D eigenvalue weighted by Crippen LogP contribution is 2.10. The summed E-state index contributed by atoms with van der Waals surface area (Å²) in [6.45, 7) is 7.37. The van der Waals surface area contributed by atoms with Crippen LogP contribution in [0.3, 0.4) is 0 Å². The summed E-state index contributed by atoms with van der Waals surface area (Å²) in [6.07, 6.45) is 0. The van der Waals surface area contributed by atoms with Crippen LogP contribution in [0.2, 0.25) is 0 Å². The number of nitrogens with zero attached hydrogens (tertiary/aromatic N) is 3. The van der Waals surface area contributed by atoms with E-state index in [0.717, 1.165) is 4.57 Å². The molecule has 0 aliphatic rings. The van der Waals surface area contributed by atoms with Gasteiger partial charge in [-0.2, -0.15) is 0 Å². The number of Topliss-reactive ketones (excluding diaryl/α,β-unsaturated/α-hetero) is 1. The minimum Gasteiger partial charge on any atom is -0.384 e. The minimum absolute atomic E-state index is 0.0995. The Morgan fingerprint density at radius 2 is 1.68 bits per heavy atom. The van der Waals surface area contributed by atoms with Crippen molar-refractivity contribution in [1.29, 1.82) is 0 Å². The highest BCUT2D eigenvalue weighted by atomic mass is 16.2. The number of rotatable bonds is 8. The van der Waals surface area contributed by atoms with Gasteiger partial charge in [0.15, 0.2) is 5.78 Å². The number of anilines is 1. The Bertz CT molecular complexity index is 776. The van der Waals surface area contributed by atoms with Crippen LogP contribution in [0.1, 0.15) is 38.1 Å². The Labute approximate surface area is 146 Å². The number of ketones is 1. The van der Waals surface area contributed by atoms with Gasteiger partial charge in [-0.3, -0.25) is 28.4 Å². The third-order valence-electron chi connectivity index (χ3n) is 3.85. The Hall–Kier alpha value is -2.42. The molecule has 0 atom stereocenters. The van der Waals surface area contributed by atoms with E-state index in [1.165, 1.54) is 11.6 Å². The third kappa shape index (κ3) is 4.79. The Morgan fingerprint density at radius 3 is 2.12 bits per heavy atom. The molecule has 140 valence electrons. The van der Waals surface area contributed by atoms with Gasteiger partial charge in [-0.1, -0.05) is 13.8 Å². The zero-order valence-corrected chi connectivity index (χ0v) is 15.4. The molecule has 0 saturated heterocycles. The van der Waals surface area contributed by atoms with Crippen molar-refractivity contribution >= 4 is 17.5 Å². The van der Waals surface area contributed by atoms with Gasteiger partial charge < -0.3 is 11.5 Å². The van der Waals surface area contributed by atoms with E-state index in [4.69, 9.17) is 11.5 Å². The molecule has 1 rings (SSSR count). The molecule has 1 heterocycles. The number of hydrogen-bond acceptors (Lipinski definition) is 6. The maximum Gasteiger partial charge on any atom is 0.332 e. The second-order valence-electron chi connectivity index (χ2n) is 6.80. The van der Waals surface area contributed by atoms with Crippen LogP contribution in [-0.4, -0.2) is 44.9 Å². The number of nitrogens with two attached hydrogens (primary N) is 2. The zero-order valence-electron chi connectivity index (χ0n) is 15.4. The van der Waals surface area contributed by atoms with Crippen LogP contribution in [0.25, 0.3) is 0 Å². The molecule has 0 fully saturated rings. The molecule has 0 radical (unpaired) electrons. The van der Waals surface area contributed by atoms with Gasteiger partial charge >= 0.3 is 5.69 Å². The fraction of sp³-hybridized carbons (Fsp3) is 0.625. The summed E-state index contributed by atoms with van der Waals surface area (Å²) in [7, 11) is 1.31. The summed E-state index contributed by atoms with van der Waals surface area (Å²) in [5.41, 5.74) is 9.63. The van der Waals surface area contributed by atoms with Crippen molar-refractivity contribution in [2.45, 2.75) is 40.3 Å². The van der Waals surface area contributed by atoms with Gasteiger partial charge in [0.25, 0.3) is 5.56 Å². The summed E-state index contributed by atoms with van der Waals surface area (Å²) in [5, 5.41) is 0. The lowest BCUT2D eigenvalue weighted by molar-refractivity contribution is -0.119. The molecular weight excluding hydrogens is 326 g/mol. The summed E-state index contributed by atoms with van der Waals surface area (Å²) < 4.78 is 2.10. The van der Waals surface area contributed by atoms with Crippen LogP contribution in [0.5, 0.6) is 0 Å². The molecule has 0 aromatic carbocycles. The number of hydrogen-bond donors (Lipinski definition) is 2. The predicted octanol–water partition coefficient (Wildman–Crippen LogP) is -0.836. The smallest absolute Gasteiger partial charge is 0.332 e. The van der Waals surface area contributed by atoms with E-state index >= 15 is 0 Å². The van der Waals surface area contributed by atoms with Crippen LogP contribution in [-0.2, 0) is 18.4 Å². The zero-order chi connectivity index (χ0) is 19.5. The van der Waals surface area contributed by atoms with Crippen molar-refractivity contribution in [3.05, 3.63) is 26.4 Å². The summed E-state index contributed by atoms with van der Waals surface area (Å²) in [5.74, 6) is -1.17. The molecule has 25 heavy (non-hydrogen) atoms. The van der Waals surface area contributed by atoms with E-state index < -0.39 is 22.9 Å². The molecule has 0 unspecified atom stereocenters. The molecule has 0 saturated carbocycles. The topological polar surface area (TPSA) is 133 Å². The summed E-state index contributed by atoms with van der Waals surface area (Å²) in [4.78, 5) is 50.1. The number of amides is 1. The SMILES string of the molecule is CC(C)Cn1c(N)c(C(=O)CN(CC(N)=O)C(C)C)c(=O)n(C)c1=O. The highest BCUT2D eigenvalue weighted by Gasteiger charge is 2.25. The lowest BCUT2D eigenvalue weighted by Gasteiger charge is -2.24. The average Bonchev–Trinajstić information content (AvgIpc) is 2.48. The first kappa shape index (κ1) is 20.6. The van der Waals surface area contributed by atoms with Crippen molar-refractivity contribution in [3.63, 3.8) is 0 Å². The lowest BCUT2D eigenvalue weighted by atomic mass is 10.1. The van der Waals surface area contributed by atoms with Gasteiger partial charge in [-0.15, -0.1) is 0 Å². The molecule has 4 N–H and O–H groups in total. The second-order valence-corrected chi connectivity index (χ2v) is 6.80. The number of carbonyl (C=O) groups excluding carboxylic acids is 2. The first-order valence-electron chi connectivity index (χ1n) is 8.12. The molecule has 9 heteroatoms. The van der Waals surface area contributed by atoms with E-state index in [2.05, 4.69) is 0 Å². The molecule has 0 spiro atoms. The number of carbonyl (C=O) groups is 2. The van der Waals surface area contributed by atoms with Crippen LogP contribution >= 0.6 is 0 Å². The molecule has 9 nitrogen and oxygen atoms in total. The van der Waals surface area contributed by atoms with Crippen LogP contribution in [0, 0.1) is 5.92 Å². The molecular formula is C16H27N5O4. The quantitative estimate of drug-likeness (QED) is 0.586. The monoisotopic (exact) mass is 353 g/mol. The van der Waals surface area contributed by atoms with Crippen LogP contribution in [0.4, 0.5) is 5.82 Å². The lowest BCUT2D eigenvalue weighted by Crippen LogP contribution is -2.46. The number of nitrogen functional groups attached to an aromatic ring is 1. The summed E-state index contributed by atoms with van der Waals surface area (Å²) >= 11 is 0. The molecule has 0 aliphatic carbocycles. The van der Waals surface area contributed by atoms with Gasteiger partial charge in [0.2, 0.25) is 5.91 Å². The third-order valence-corrected chi connectivity index (χ3v) is 3.85. The first-order chi connectivity index (χ1) is 11.5. The Balaban J connectivity index is 3.38. The van der Waals surface area contributed by atoms with Gasteiger partial charge in [-0.25, -0.2) is 4.79 Å². The largest absolute Gasteiger partial charge is 0.384 e. The van der Waals surface area contributed by atoms with E-state index in [-0.39, 0.29) is 43.0 Å². The van der Waals surface area contributed by atoms with E-state index in [9.17, 15) is 19.2 Å². The maximum atomic E-state index is 12.7. The fourth-order valence-corrected chi connectivity index (χ4v) is 2.47. The van der Waals surface area contributed by atoms with Gasteiger partial charge in [0, 0.05) is 19.6 Å². The molecule has 0 aliphatic heterocycles. The van der Waals surface area contributed by atoms with Gasteiger partial charge in [-0.05, 0) is 19.8 Å². The van der Waals surface area contributed by atoms with Crippen LogP contribution < -0.4 is 22.7 Å². The van der Waals surface area contributed by atoms with Crippen molar-refractivity contribution in [2.75, 3.05) is 18.8 Å². The molecule has 0 bridgehead atoms. The maximum absolute atomic E-state index is 12.7. The van der Waals surface area contributed by atoms with E-state index in [0.29, 0.717) is 0 Å².